The summed E-state index contributed by atoms with van der Waals surface area (Å²) in [5.41, 5.74) is 0.329. The molecule has 0 radical (unpaired) electrons. The molecule has 1 aromatic carbocycles. The van der Waals surface area contributed by atoms with E-state index in [1.807, 2.05) is 13.8 Å². The predicted octanol–water partition coefficient (Wildman–Crippen LogP) is 2.67. The fourth-order valence-electron chi connectivity index (χ4n) is 1.96. The minimum Gasteiger partial charge on any atom is -0.506 e. The number of benzene rings is 1. The smallest absolute Gasteiger partial charge is 0.321 e. The molecule has 0 aliphatic rings. The molecular weight excluding hydrogens is 272 g/mol. The monoisotopic (exact) mass is 292 g/mol. The fraction of sp³-hybridized carbons (Fsp3) is 0.400. The Morgan fingerprint density at radius 2 is 1.48 bits per heavy atom. The van der Waals surface area contributed by atoms with Crippen LogP contribution < -0.4 is 5.32 Å². The van der Waals surface area contributed by atoms with Crippen molar-refractivity contribution in [1.29, 1.82) is 0 Å². The van der Waals surface area contributed by atoms with Crippen molar-refractivity contribution in [2.75, 3.05) is 18.4 Å². The van der Waals surface area contributed by atoms with Crippen molar-refractivity contribution in [3.8, 4) is 5.75 Å². The van der Waals surface area contributed by atoms with E-state index in [1.165, 1.54) is 26.0 Å². The summed E-state index contributed by atoms with van der Waals surface area (Å²) in [4.78, 5) is 36.6. The van der Waals surface area contributed by atoms with Gasteiger partial charge in [0.05, 0.1) is 11.1 Å². The minimum atomic E-state index is -0.381. The van der Waals surface area contributed by atoms with Gasteiger partial charge in [-0.15, -0.1) is 0 Å². The van der Waals surface area contributed by atoms with E-state index in [9.17, 15) is 19.5 Å². The predicted molar refractivity (Wildman–Crippen MR) is 80.1 cm³/mol. The van der Waals surface area contributed by atoms with Gasteiger partial charge < -0.3 is 15.3 Å². The van der Waals surface area contributed by atoms with Gasteiger partial charge in [-0.1, -0.05) is 0 Å². The standard InChI is InChI=1S/C15H20N2O4/c1-5-17(6-2)15(21)16-11-7-12(9(3)18)14(20)13(8-11)10(4)19/h7-8,20H,5-6H2,1-4H3,(H,16,21). The molecule has 0 aliphatic carbocycles. The van der Waals surface area contributed by atoms with Crippen molar-refractivity contribution in [3.63, 3.8) is 0 Å². The van der Waals surface area contributed by atoms with E-state index in [4.69, 9.17) is 0 Å². The van der Waals surface area contributed by atoms with Crippen molar-refractivity contribution >= 4 is 23.3 Å². The third-order valence-electron chi connectivity index (χ3n) is 3.17. The molecule has 0 saturated heterocycles. The van der Waals surface area contributed by atoms with Gasteiger partial charge in [0.25, 0.3) is 0 Å². The van der Waals surface area contributed by atoms with Crippen LogP contribution in [0.25, 0.3) is 0 Å². The summed E-state index contributed by atoms with van der Waals surface area (Å²) in [6.07, 6.45) is 0. The zero-order chi connectivity index (χ0) is 16.2. The van der Waals surface area contributed by atoms with Gasteiger partial charge in [0.2, 0.25) is 0 Å². The molecule has 0 unspecified atom stereocenters. The van der Waals surface area contributed by atoms with Crippen molar-refractivity contribution in [1.82, 2.24) is 4.90 Å². The van der Waals surface area contributed by atoms with Crippen molar-refractivity contribution in [2.24, 2.45) is 0 Å². The second-order valence-corrected chi connectivity index (χ2v) is 4.63. The SMILES string of the molecule is CCN(CC)C(=O)Nc1cc(C(C)=O)c(O)c(C(C)=O)c1. The average molecular weight is 292 g/mol. The summed E-state index contributed by atoms with van der Waals surface area (Å²) in [7, 11) is 0. The lowest BCUT2D eigenvalue weighted by Gasteiger charge is -2.20. The van der Waals surface area contributed by atoms with Crippen molar-refractivity contribution in [2.45, 2.75) is 27.7 Å². The number of hydrogen-bond acceptors (Lipinski definition) is 4. The van der Waals surface area contributed by atoms with Crippen LogP contribution in [-0.4, -0.2) is 40.7 Å². The number of anilines is 1. The highest BCUT2D eigenvalue weighted by Gasteiger charge is 2.18. The molecule has 0 heterocycles. The van der Waals surface area contributed by atoms with Crippen LogP contribution in [0, 0.1) is 0 Å². The molecule has 21 heavy (non-hydrogen) atoms. The van der Waals surface area contributed by atoms with E-state index >= 15 is 0 Å². The molecule has 1 aromatic rings. The highest BCUT2D eigenvalue weighted by atomic mass is 16.3. The lowest BCUT2D eigenvalue weighted by Crippen LogP contribution is -2.34. The minimum absolute atomic E-state index is 0.0116. The van der Waals surface area contributed by atoms with E-state index in [1.54, 1.807) is 4.90 Å². The molecule has 0 atom stereocenters. The molecule has 0 spiro atoms. The van der Waals surface area contributed by atoms with Gasteiger partial charge in [-0.2, -0.15) is 0 Å². The topological polar surface area (TPSA) is 86.7 Å². The van der Waals surface area contributed by atoms with Crippen LogP contribution in [0.5, 0.6) is 5.75 Å². The maximum Gasteiger partial charge on any atom is 0.321 e. The quantitative estimate of drug-likeness (QED) is 0.645. The number of phenols is 1. The summed E-state index contributed by atoms with van der Waals surface area (Å²) in [6, 6.07) is 2.41. The normalized spacial score (nSPS) is 10.1. The number of ketones is 2. The number of Topliss-reactive ketones (excluding diaryl/α,β-unsaturated/α-hetero) is 2. The molecule has 0 aliphatic heterocycles. The molecule has 6 nitrogen and oxygen atoms in total. The molecule has 2 N–H and O–H groups in total. The number of phenolic OH excluding ortho intramolecular Hbond substituents is 1. The number of rotatable bonds is 5. The molecular formula is C15H20N2O4. The number of carbonyl (C=O) groups is 3. The maximum atomic E-state index is 12.0. The Labute approximate surface area is 123 Å². The van der Waals surface area contributed by atoms with E-state index < -0.39 is 0 Å². The maximum absolute atomic E-state index is 12.0. The number of nitrogens with zero attached hydrogens (tertiary/aromatic N) is 1. The zero-order valence-electron chi connectivity index (χ0n) is 12.7. The lowest BCUT2D eigenvalue weighted by molar-refractivity contribution is 0.101. The lowest BCUT2D eigenvalue weighted by atomic mass is 10.0. The highest BCUT2D eigenvalue weighted by Crippen LogP contribution is 2.28. The van der Waals surface area contributed by atoms with Gasteiger partial charge in [0.15, 0.2) is 11.6 Å². The van der Waals surface area contributed by atoms with Crippen LogP contribution in [0.2, 0.25) is 0 Å². The third kappa shape index (κ3) is 3.81. The van der Waals surface area contributed by atoms with Crippen LogP contribution in [0.4, 0.5) is 10.5 Å². The van der Waals surface area contributed by atoms with Crippen molar-refractivity contribution < 1.29 is 19.5 Å². The Kier molecular flexibility index (Phi) is 5.46. The molecule has 0 bridgehead atoms. The highest BCUT2D eigenvalue weighted by molar-refractivity contribution is 6.06. The Hall–Kier alpha value is -2.37. The van der Waals surface area contributed by atoms with Gasteiger partial charge in [-0.05, 0) is 39.8 Å². The summed E-state index contributed by atoms with van der Waals surface area (Å²) >= 11 is 0. The summed E-state index contributed by atoms with van der Waals surface area (Å²) < 4.78 is 0. The third-order valence-corrected chi connectivity index (χ3v) is 3.17. The first kappa shape index (κ1) is 16.7. The second kappa shape index (κ2) is 6.88. The second-order valence-electron chi connectivity index (χ2n) is 4.63. The molecule has 0 saturated carbocycles. The largest absolute Gasteiger partial charge is 0.506 e. The molecule has 1 rings (SSSR count). The van der Waals surface area contributed by atoms with E-state index in [0.29, 0.717) is 18.8 Å². The number of amides is 2. The average Bonchev–Trinajstić information content (AvgIpc) is 2.41. The number of nitrogens with one attached hydrogen (secondary N) is 1. The molecule has 0 aromatic heterocycles. The molecule has 2 amide bonds. The van der Waals surface area contributed by atoms with Crippen LogP contribution in [-0.2, 0) is 0 Å². The Balaban J connectivity index is 3.22. The number of carbonyl (C=O) groups excluding carboxylic acids is 3. The summed E-state index contributed by atoms with van der Waals surface area (Å²) in [6.45, 7) is 7.35. The first-order chi connectivity index (χ1) is 9.81. The first-order valence-electron chi connectivity index (χ1n) is 6.76. The van der Waals surface area contributed by atoms with E-state index in [-0.39, 0.29) is 34.5 Å². The first-order valence-corrected chi connectivity index (χ1v) is 6.76. The molecule has 114 valence electrons. The Bertz CT molecular complexity index is 542. The number of hydrogen-bond donors (Lipinski definition) is 2. The zero-order valence-corrected chi connectivity index (χ0v) is 12.7. The van der Waals surface area contributed by atoms with Gasteiger partial charge in [0, 0.05) is 18.8 Å². The summed E-state index contributed by atoms with van der Waals surface area (Å²) in [5.74, 6) is -1.11. The molecule has 6 heteroatoms. The molecule has 0 fully saturated rings. The van der Waals surface area contributed by atoms with Gasteiger partial charge >= 0.3 is 6.03 Å². The van der Waals surface area contributed by atoms with Crippen LogP contribution in [0.1, 0.15) is 48.4 Å². The van der Waals surface area contributed by atoms with Gasteiger partial charge in [-0.3, -0.25) is 9.59 Å². The van der Waals surface area contributed by atoms with Gasteiger partial charge in [-0.25, -0.2) is 4.79 Å². The van der Waals surface area contributed by atoms with Gasteiger partial charge in [0.1, 0.15) is 5.75 Å². The fourth-order valence-corrected chi connectivity index (χ4v) is 1.96. The number of urea groups is 1. The Morgan fingerprint density at radius 1 is 1.05 bits per heavy atom. The Morgan fingerprint density at radius 3 is 1.81 bits per heavy atom. The van der Waals surface area contributed by atoms with E-state index in [2.05, 4.69) is 5.32 Å². The van der Waals surface area contributed by atoms with Crippen LogP contribution in [0.3, 0.4) is 0 Å². The van der Waals surface area contributed by atoms with Crippen molar-refractivity contribution in [3.05, 3.63) is 23.3 Å². The van der Waals surface area contributed by atoms with Crippen LogP contribution >= 0.6 is 0 Å². The van der Waals surface area contributed by atoms with E-state index in [0.717, 1.165) is 0 Å². The summed E-state index contributed by atoms with van der Waals surface area (Å²) in [5, 5.41) is 12.6. The van der Waals surface area contributed by atoms with Crippen LogP contribution in [0.15, 0.2) is 12.1 Å². The number of aromatic hydroxyl groups is 1.